The molecule has 0 amide bonds. The van der Waals surface area contributed by atoms with E-state index in [2.05, 4.69) is 9.88 Å². The molecule has 1 saturated heterocycles. The van der Waals surface area contributed by atoms with Gasteiger partial charge in [0.1, 0.15) is 11.4 Å². The van der Waals surface area contributed by atoms with Crippen molar-refractivity contribution >= 4 is 23.2 Å². The molecule has 2 heterocycles. The van der Waals surface area contributed by atoms with Gasteiger partial charge in [-0.2, -0.15) is 0 Å². The third-order valence-electron chi connectivity index (χ3n) is 5.16. The number of rotatable bonds is 8. The van der Waals surface area contributed by atoms with Crippen LogP contribution in [0.1, 0.15) is 15.9 Å². The number of Topliss-reactive ketones (excluding diaryl/α,β-unsaturated/α-hetero) is 1. The highest BCUT2D eigenvalue weighted by Crippen LogP contribution is 2.14. The Morgan fingerprint density at radius 3 is 2.57 bits per heavy atom. The van der Waals surface area contributed by atoms with Crippen molar-refractivity contribution in [2.45, 2.75) is 13.1 Å². The first-order valence-electron chi connectivity index (χ1n) is 9.73. The molecule has 0 unspecified atom stereocenters. The Bertz CT molecular complexity index is 1010. The molecule has 1 aromatic carbocycles. The molecule has 0 spiro atoms. The third-order valence-corrected chi connectivity index (χ3v) is 5.40. The maximum Gasteiger partial charge on any atom is 0.330 e. The van der Waals surface area contributed by atoms with Crippen molar-refractivity contribution in [1.29, 1.82) is 0 Å². The Labute approximate surface area is 179 Å². The number of halogens is 1. The second-order valence-electron chi connectivity index (χ2n) is 7.27. The second kappa shape index (κ2) is 10.0. The van der Waals surface area contributed by atoms with Crippen LogP contribution in [-0.4, -0.2) is 71.6 Å². The van der Waals surface area contributed by atoms with Crippen molar-refractivity contribution in [3.05, 3.63) is 61.3 Å². The number of carbonyl (C=O) groups excluding carboxylic acids is 1. The van der Waals surface area contributed by atoms with Crippen LogP contribution in [0.3, 0.4) is 0 Å². The van der Waals surface area contributed by atoms with Gasteiger partial charge < -0.3 is 10.5 Å². The standard InChI is InChI=1S/C20H26ClN5O4/c1-30-10-9-26-18(22)17(19(28)23-20(26)29)16(27)13-25-7-5-24(6-8-25)12-14-3-2-4-15(21)11-14/h2-4,11H,5-10,12-13,22H2,1H3,(H,23,28,29). The number of nitrogens with zero attached hydrogens (tertiary/aromatic N) is 3. The van der Waals surface area contributed by atoms with Crippen molar-refractivity contribution in [2.75, 3.05) is 52.2 Å². The number of nitrogens with one attached hydrogen (secondary N) is 1. The Morgan fingerprint density at radius 1 is 1.20 bits per heavy atom. The van der Waals surface area contributed by atoms with Crippen LogP contribution in [0.5, 0.6) is 0 Å². The fraction of sp³-hybridized carbons (Fsp3) is 0.450. The summed E-state index contributed by atoms with van der Waals surface area (Å²) in [6, 6.07) is 7.77. The Kier molecular flexibility index (Phi) is 7.43. The summed E-state index contributed by atoms with van der Waals surface area (Å²) in [5, 5.41) is 0.714. The number of ketones is 1. The first kappa shape index (κ1) is 22.2. The number of carbonyl (C=O) groups is 1. The highest BCUT2D eigenvalue weighted by molar-refractivity contribution is 6.30. The largest absolute Gasteiger partial charge is 0.384 e. The summed E-state index contributed by atoms with van der Waals surface area (Å²) < 4.78 is 6.11. The van der Waals surface area contributed by atoms with Crippen LogP contribution in [0.2, 0.25) is 5.02 Å². The number of methoxy groups -OCH3 is 1. The van der Waals surface area contributed by atoms with Gasteiger partial charge in [-0.1, -0.05) is 23.7 Å². The first-order valence-corrected chi connectivity index (χ1v) is 10.1. The van der Waals surface area contributed by atoms with E-state index in [4.69, 9.17) is 22.1 Å². The van der Waals surface area contributed by atoms with E-state index in [0.717, 1.165) is 29.8 Å². The van der Waals surface area contributed by atoms with E-state index in [1.54, 1.807) is 0 Å². The molecule has 1 aliphatic rings. The van der Waals surface area contributed by atoms with Gasteiger partial charge in [-0.05, 0) is 17.7 Å². The summed E-state index contributed by atoms with van der Waals surface area (Å²) in [5.74, 6) is -0.520. The van der Waals surface area contributed by atoms with E-state index >= 15 is 0 Å². The maximum atomic E-state index is 12.8. The van der Waals surface area contributed by atoms with Gasteiger partial charge in [0.25, 0.3) is 5.56 Å². The van der Waals surface area contributed by atoms with Gasteiger partial charge in [0.15, 0.2) is 5.78 Å². The van der Waals surface area contributed by atoms with Crippen LogP contribution in [0.15, 0.2) is 33.9 Å². The summed E-state index contributed by atoms with van der Waals surface area (Å²) in [7, 11) is 1.49. The zero-order chi connectivity index (χ0) is 21.7. The monoisotopic (exact) mass is 435 g/mol. The Hall–Kier alpha value is -2.46. The summed E-state index contributed by atoms with van der Waals surface area (Å²) in [6.07, 6.45) is 0. The molecule has 0 saturated carbocycles. The van der Waals surface area contributed by atoms with Crippen molar-refractivity contribution < 1.29 is 9.53 Å². The molecule has 0 atom stereocenters. The number of aromatic nitrogens is 2. The lowest BCUT2D eigenvalue weighted by Crippen LogP contribution is -2.48. The van der Waals surface area contributed by atoms with Crippen LogP contribution in [0.4, 0.5) is 5.82 Å². The van der Waals surface area contributed by atoms with Crippen molar-refractivity contribution in [3.8, 4) is 0 Å². The summed E-state index contributed by atoms with van der Waals surface area (Å²) in [5.41, 5.74) is 5.54. The minimum atomic E-state index is -0.754. The normalized spacial score (nSPS) is 15.4. The fourth-order valence-corrected chi connectivity index (χ4v) is 3.76. The molecule has 10 heteroatoms. The molecule has 162 valence electrons. The fourth-order valence-electron chi connectivity index (χ4n) is 3.54. The molecule has 0 radical (unpaired) electrons. The molecule has 1 aromatic heterocycles. The molecule has 2 aromatic rings. The van der Waals surface area contributed by atoms with Crippen molar-refractivity contribution in [2.24, 2.45) is 0 Å². The van der Waals surface area contributed by atoms with Gasteiger partial charge in [0.2, 0.25) is 0 Å². The molecule has 30 heavy (non-hydrogen) atoms. The molecule has 9 nitrogen and oxygen atoms in total. The molecule has 3 rings (SSSR count). The number of nitrogen functional groups attached to an aromatic ring is 1. The predicted octanol–water partition coefficient (Wildman–Crippen LogP) is 0.419. The topological polar surface area (TPSA) is 114 Å². The van der Waals surface area contributed by atoms with E-state index < -0.39 is 17.0 Å². The number of hydrogen-bond acceptors (Lipinski definition) is 7. The quantitative estimate of drug-likeness (QED) is 0.577. The molecular weight excluding hydrogens is 410 g/mol. The van der Waals surface area contributed by atoms with E-state index in [9.17, 15) is 14.4 Å². The maximum absolute atomic E-state index is 12.8. The zero-order valence-corrected chi connectivity index (χ0v) is 17.7. The number of aromatic amines is 1. The minimum Gasteiger partial charge on any atom is -0.384 e. The average Bonchev–Trinajstić information content (AvgIpc) is 2.69. The van der Waals surface area contributed by atoms with Gasteiger partial charge in [-0.15, -0.1) is 0 Å². The van der Waals surface area contributed by atoms with Crippen LogP contribution in [-0.2, 0) is 17.8 Å². The van der Waals surface area contributed by atoms with Gasteiger partial charge in [0, 0.05) is 44.9 Å². The number of H-pyrrole nitrogens is 1. The number of benzene rings is 1. The van der Waals surface area contributed by atoms with Crippen LogP contribution in [0, 0.1) is 0 Å². The van der Waals surface area contributed by atoms with Gasteiger partial charge in [-0.25, -0.2) is 4.79 Å². The van der Waals surface area contributed by atoms with Gasteiger partial charge in [0.05, 0.1) is 19.7 Å². The first-order chi connectivity index (χ1) is 14.4. The van der Waals surface area contributed by atoms with E-state index in [1.165, 1.54) is 7.11 Å². The van der Waals surface area contributed by atoms with Gasteiger partial charge in [-0.3, -0.25) is 28.9 Å². The molecule has 1 aliphatic heterocycles. The lowest BCUT2D eigenvalue weighted by Gasteiger charge is -2.34. The number of ether oxygens (including phenoxy) is 1. The Balaban J connectivity index is 1.62. The number of hydrogen-bond donors (Lipinski definition) is 2. The predicted molar refractivity (Wildman–Crippen MR) is 115 cm³/mol. The third kappa shape index (κ3) is 5.37. The van der Waals surface area contributed by atoms with Crippen LogP contribution in [0.25, 0.3) is 0 Å². The number of anilines is 1. The summed E-state index contributed by atoms with van der Waals surface area (Å²) in [4.78, 5) is 43.4. The number of nitrogens with two attached hydrogens (primary N) is 1. The zero-order valence-electron chi connectivity index (χ0n) is 16.9. The highest BCUT2D eigenvalue weighted by Gasteiger charge is 2.24. The van der Waals surface area contributed by atoms with Crippen molar-refractivity contribution in [1.82, 2.24) is 19.4 Å². The molecule has 0 bridgehead atoms. The van der Waals surface area contributed by atoms with E-state index in [-0.39, 0.29) is 31.1 Å². The van der Waals surface area contributed by atoms with Crippen molar-refractivity contribution in [3.63, 3.8) is 0 Å². The SMILES string of the molecule is COCCn1c(N)c(C(=O)CN2CCN(Cc3cccc(Cl)c3)CC2)c(=O)[nH]c1=O. The lowest BCUT2D eigenvalue weighted by molar-refractivity contribution is 0.0842. The molecule has 1 fully saturated rings. The summed E-state index contributed by atoms with van der Waals surface area (Å²) >= 11 is 6.04. The summed E-state index contributed by atoms with van der Waals surface area (Å²) in [6.45, 7) is 4.21. The van der Waals surface area contributed by atoms with Gasteiger partial charge >= 0.3 is 5.69 Å². The van der Waals surface area contributed by atoms with E-state index in [0.29, 0.717) is 18.1 Å². The highest BCUT2D eigenvalue weighted by atomic mass is 35.5. The van der Waals surface area contributed by atoms with Crippen LogP contribution < -0.4 is 17.0 Å². The molecule has 3 N–H and O–H groups in total. The molecule has 0 aliphatic carbocycles. The Morgan fingerprint density at radius 2 is 1.90 bits per heavy atom. The lowest BCUT2D eigenvalue weighted by atomic mass is 10.1. The second-order valence-corrected chi connectivity index (χ2v) is 7.71. The van der Waals surface area contributed by atoms with Crippen LogP contribution >= 0.6 is 11.6 Å². The van der Waals surface area contributed by atoms with E-state index in [1.807, 2.05) is 29.2 Å². The smallest absolute Gasteiger partial charge is 0.330 e. The number of piperazine rings is 1. The minimum absolute atomic E-state index is 0.0702. The molecular formula is C20H26ClN5O4. The average molecular weight is 436 g/mol.